The van der Waals surface area contributed by atoms with Crippen LogP contribution in [-0.2, 0) is 6.54 Å². The van der Waals surface area contributed by atoms with Crippen molar-refractivity contribution in [2.75, 3.05) is 5.32 Å². The molecule has 0 fully saturated rings. The molecule has 2 aromatic rings. The summed E-state index contributed by atoms with van der Waals surface area (Å²) in [7, 11) is 0. The van der Waals surface area contributed by atoms with Crippen molar-refractivity contribution < 1.29 is 4.39 Å². The second-order valence-electron chi connectivity index (χ2n) is 3.87. The van der Waals surface area contributed by atoms with E-state index in [1.54, 1.807) is 12.1 Å². The summed E-state index contributed by atoms with van der Waals surface area (Å²) in [6, 6.07) is 12.2. The Morgan fingerprint density at radius 2 is 2.11 bits per heavy atom. The third-order valence-corrected chi connectivity index (χ3v) is 3.58. The molecule has 0 heterocycles. The number of nitrogens with zero attached hydrogens (tertiary/aromatic N) is 1. The molecule has 0 amide bonds. The SMILES string of the molecule is N#Cc1cccc(CNc2ccc(I)cc2Cl)c1F. The molecule has 0 aliphatic heterocycles. The summed E-state index contributed by atoms with van der Waals surface area (Å²) in [5, 5.41) is 12.4. The molecule has 2 nitrogen and oxygen atoms in total. The molecule has 0 aliphatic rings. The van der Waals surface area contributed by atoms with E-state index in [9.17, 15) is 4.39 Å². The maximum absolute atomic E-state index is 13.8. The van der Waals surface area contributed by atoms with Gasteiger partial charge in [0.2, 0.25) is 0 Å². The van der Waals surface area contributed by atoms with Crippen LogP contribution in [0.25, 0.3) is 0 Å². The minimum Gasteiger partial charge on any atom is -0.380 e. The predicted molar refractivity (Wildman–Crippen MR) is 82.6 cm³/mol. The lowest BCUT2D eigenvalue weighted by Gasteiger charge is -2.10. The maximum atomic E-state index is 13.8. The molecule has 0 aromatic heterocycles. The molecule has 19 heavy (non-hydrogen) atoms. The Hall–Kier alpha value is -1.32. The van der Waals surface area contributed by atoms with Gasteiger partial charge in [0.25, 0.3) is 0 Å². The normalized spacial score (nSPS) is 10.0. The molecule has 0 atom stereocenters. The van der Waals surface area contributed by atoms with E-state index >= 15 is 0 Å². The molecule has 2 aromatic carbocycles. The summed E-state index contributed by atoms with van der Waals surface area (Å²) in [5.41, 5.74) is 1.23. The lowest BCUT2D eigenvalue weighted by atomic mass is 10.1. The first kappa shape index (κ1) is 14.1. The first-order valence-corrected chi connectivity index (χ1v) is 6.94. The van der Waals surface area contributed by atoms with Crippen LogP contribution in [0.4, 0.5) is 10.1 Å². The van der Waals surface area contributed by atoms with Gasteiger partial charge >= 0.3 is 0 Å². The number of nitrogens with one attached hydrogen (secondary N) is 1. The molecular weight excluding hydrogens is 378 g/mol. The monoisotopic (exact) mass is 386 g/mol. The number of nitriles is 1. The molecule has 1 N–H and O–H groups in total. The van der Waals surface area contributed by atoms with Crippen LogP contribution in [0.2, 0.25) is 5.02 Å². The summed E-state index contributed by atoms with van der Waals surface area (Å²) < 4.78 is 14.9. The first-order valence-electron chi connectivity index (χ1n) is 5.48. The Morgan fingerprint density at radius 3 is 2.79 bits per heavy atom. The lowest BCUT2D eigenvalue weighted by Crippen LogP contribution is -2.03. The highest BCUT2D eigenvalue weighted by Gasteiger charge is 2.08. The average Bonchev–Trinajstić information content (AvgIpc) is 2.39. The van der Waals surface area contributed by atoms with Gasteiger partial charge in [-0.05, 0) is 46.9 Å². The second kappa shape index (κ2) is 6.22. The standard InChI is InChI=1S/C14H9ClFIN2/c15-12-6-11(17)4-5-13(12)19-8-10-3-1-2-9(7-18)14(10)16/h1-6,19H,8H2. The van der Waals surface area contributed by atoms with Crippen molar-refractivity contribution >= 4 is 39.9 Å². The van der Waals surface area contributed by atoms with Crippen molar-refractivity contribution in [2.45, 2.75) is 6.54 Å². The van der Waals surface area contributed by atoms with Gasteiger partial charge in [0.1, 0.15) is 11.9 Å². The zero-order valence-electron chi connectivity index (χ0n) is 9.75. The number of halogens is 3. The summed E-state index contributed by atoms with van der Waals surface area (Å²) in [5.74, 6) is -0.487. The highest BCUT2D eigenvalue weighted by molar-refractivity contribution is 14.1. The smallest absolute Gasteiger partial charge is 0.145 e. The molecular formula is C14H9ClFIN2. The highest BCUT2D eigenvalue weighted by atomic mass is 127. The third-order valence-electron chi connectivity index (χ3n) is 2.60. The molecule has 0 saturated heterocycles. The summed E-state index contributed by atoms with van der Waals surface area (Å²) in [6.45, 7) is 0.279. The van der Waals surface area contributed by atoms with Crippen LogP contribution in [0.15, 0.2) is 36.4 Å². The third kappa shape index (κ3) is 3.37. The number of hydrogen-bond donors (Lipinski definition) is 1. The fourth-order valence-electron chi connectivity index (χ4n) is 1.63. The van der Waals surface area contributed by atoms with E-state index in [2.05, 4.69) is 27.9 Å². The molecule has 0 radical (unpaired) electrons. The molecule has 0 aliphatic carbocycles. The largest absolute Gasteiger partial charge is 0.380 e. The van der Waals surface area contributed by atoms with E-state index in [1.807, 2.05) is 24.3 Å². The van der Waals surface area contributed by atoms with Gasteiger partial charge in [0, 0.05) is 15.7 Å². The number of benzene rings is 2. The van der Waals surface area contributed by atoms with Gasteiger partial charge in [-0.3, -0.25) is 0 Å². The van der Waals surface area contributed by atoms with Crippen LogP contribution in [-0.4, -0.2) is 0 Å². The van der Waals surface area contributed by atoms with Crippen LogP contribution >= 0.6 is 34.2 Å². The Morgan fingerprint density at radius 1 is 1.32 bits per heavy atom. The Kier molecular flexibility index (Phi) is 4.61. The number of rotatable bonds is 3. The van der Waals surface area contributed by atoms with Crippen molar-refractivity contribution in [2.24, 2.45) is 0 Å². The fraction of sp³-hybridized carbons (Fsp3) is 0.0714. The molecule has 0 unspecified atom stereocenters. The van der Waals surface area contributed by atoms with Gasteiger partial charge in [-0.1, -0.05) is 23.7 Å². The van der Waals surface area contributed by atoms with Crippen LogP contribution in [0.3, 0.4) is 0 Å². The van der Waals surface area contributed by atoms with E-state index in [0.717, 1.165) is 9.26 Å². The molecule has 96 valence electrons. The quantitative estimate of drug-likeness (QED) is 0.785. The van der Waals surface area contributed by atoms with E-state index in [-0.39, 0.29) is 12.1 Å². The Labute approximate surface area is 129 Å². The van der Waals surface area contributed by atoms with Gasteiger partial charge in [0.05, 0.1) is 16.3 Å². The predicted octanol–water partition coefficient (Wildman–Crippen LogP) is 4.57. The number of hydrogen-bond acceptors (Lipinski definition) is 2. The van der Waals surface area contributed by atoms with Crippen molar-refractivity contribution in [3.05, 3.63) is 61.9 Å². The number of anilines is 1. The lowest BCUT2D eigenvalue weighted by molar-refractivity contribution is 0.609. The van der Waals surface area contributed by atoms with Crippen LogP contribution in [0.1, 0.15) is 11.1 Å². The van der Waals surface area contributed by atoms with E-state index in [1.165, 1.54) is 6.07 Å². The van der Waals surface area contributed by atoms with Gasteiger partial charge in [0.15, 0.2) is 0 Å². The van der Waals surface area contributed by atoms with Gasteiger partial charge < -0.3 is 5.32 Å². The summed E-state index contributed by atoms with van der Waals surface area (Å²) in [6.07, 6.45) is 0. The van der Waals surface area contributed by atoms with E-state index < -0.39 is 5.82 Å². The van der Waals surface area contributed by atoms with E-state index in [4.69, 9.17) is 16.9 Å². The van der Waals surface area contributed by atoms with Gasteiger partial charge in [-0.25, -0.2) is 4.39 Å². The maximum Gasteiger partial charge on any atom is 0.145 e. The van der Waals surface area contributed by atoms with Gasteiger partial charge in [-0.15, -0.1) is 0 Å². The van der Waals surface area contributed by atoms with Crippen molar-refractivity contribution in [3.63, 3.8) is 0 Å². The zero-order valence-corrected chi connectivity index (χ0v) is 12.7. The van der Waals surface area contributed by atoms with E-state index in [0.29, 0.717) is 10.6 Å². The van der Waals surface area contributed by atoms with Crippen LogP contribution in [0, 0.1) is 20.7 Å². The van der Waals surface area contributed by atoms with Crippen molar-refractivity contribution in [1.82, 2.24) is 0 Å². The average molecular weight is 387 g/mol. The second-order valence-corrected chi connectivity index (χ2v) is 5.52. The molecule has 2 rings (SSSR count). The molecule has 0 bridgehead atoms. The van der Waals surface area contributed by atoms with Crippen LogP contribution in [0.5, 0.6) is 0 Å². The first-order chi connectivity index (χ1) is 9.11. The molecule has 0 spiro atoms. The van der Waals surface area contributed by atoms with Crippen LogP contribution < -0.4 is 5.32 Å². The van der Waals surface area contributed by atoms with Gasteiger partial charge in [-0.2, -0.15) is 5.26 Å². The summed E-state index contributed by atoms with van der Waals surface area (Å²) >= 11 is 8.25. The zero-order chi connectivity index (χ0) is 13.8. The Balaban J connectivity index is 2.17. The Bertz CT molecular complexity index is 652. The molecule has 0 saturated carbocycles. The van der Waals surface area contributed by atoms with Crippen molar-refractivity contribution in [3.8, 4) is 6.07 Å². The fourth-order valence-corrected chi connectivity index (χ4v) is 2.55. The minimum atomic E-state index is -0.487. The minimum absolute atomic E-state index is 0.0491. The molecule has 5 heteroatoms. The van der Waals surface area contributed by atoms with Crippen molar-refractivity contribution in [1.29, 1.82) is 5.26 Å². The topological polar surface area (TPSA) is 35.8 Å². The highest BCUT2D eigenvalue weighted by Crippen LogP contribution is 2.24. The summed E-state index contributed by atoms with van der Waals surface area (Å²) in [4.78, 5) is 0.